The normalized spacial score (nSPS) is 11.7. The van der Waals surface area contributed by atoms with Gasteiger partial charge in [0.15, 0.2) is 17.8 Å². The molecule has 0 aromatic heterocycles. The number of ether oxygens (including phenoxy) is 1. The number of hydrogen-bond donors (Lipinski definition) is 0. The Kier molecular flexibility index (Phi) is 7.21. The summed E-state index contributed by atoms with van der Waals surface area (Å²) in [7, 11) is 0. The summed E-state index contributed by atoms with van der Waals surface area (Å²) in [4.78, 5) is 40.0. The van der Waals surface area contributed by atoms with E-state index in [4.69, 9.17) is 4.74 Å². The lowest BCUT2D eigenvalue weighted by Gasteiger charge is -2.24. The molecule has 0 aliphatic heterocycles. The highest BCUT2D eigenvalue weighted by atomic mass is 16.5. The van der Waals surface area contributed by atoms with Gasteiger partial charge in [-0.15, -0.1) is 0 Å². The molecule has 0 amide bonds. The third-order valence-electron chi connectivity index (χ3n) is 5.68. The first-order valence-corrected chi connectivity index (χ1v) is 11.4. The molecule has 3 aromatic rings. The first kappa shape index (κ1) is 25.1. The van der Waals surface area contributed by atoms with Crippen LogP contribution in [0.2, 0.25) is 0 Å². The first-order valence-electron chi connectivity index (χ1n) is 11.4. The van der Waals surface area contributed by atoms with Crippen molar-refractivity contribution >= 4 is 11.6 Å². The molecular formula is C30H32O4. The summed E-state index contributed by atoms with van der Waals surface area (Å²) < 4.78 is 6.09. The lowest BCUT2D eigenvalue weighted by atomic mass is 9.82. The zero-order valence-electron chi connectivity index (χ0n) is 20.8. The van der Waals surface area contributed by atoms with Crippen LogP contribution in [0, 0.1) is 0 Å². The predicted molar refractivity (Wildman–Crippen MR) is 136 cm³/mol. The van der Waals surface area contributed by atoms with E-state index in [2.05, 4.69) is 0 Å². The summed E-state index contributed by atoms with van der Waals surface area (Å²) in [6.07, 6.45) is 0. The highest BCUT2D eigenvalue weighted by molar-refractivity contribution is 6.11. The van der Waals surface area contributed by atoms with Crippen molar-refractivity contribution in [1.82, 2.24) is 0 Å². The van der Waals surface area contributed by atoms with Gasteiger partial charge < -0.3 is 4.74 Å². The lowest BCUT2D eigenvalue weighted by molar-refractivity contribution is 0.0913. The molecule has 0 fully saturated rings. The van der Waals surface area contributed by atoms with Crippen molar-refractivity contribution in [3.05, 3.63) is 111 Å². The number of ketones is 2. The smallest absolute Gasteiger partial charge is 0.200 e. The second-order valence-corrected chi connectivity index (χ2v) is 10.5. The summed E-state index contributed by atoms with van der Waals surface area (Å²) in [6.45, 7) is 11.8. The standard InChI is InChI=1S/C30H32O4/c1-29(2,3)22-17-23(30(4,5)6)28(34-19-25(32)20-13-9-7-10-14-20)26(24(31)18-22)27(33)21-15-11-8-12-16-21/h7-18H,19H2,1-6H3. The van der Waals surface area contributed by atoms with Gasteiger partial charge in [0, 0.05) is 16.7 Å². The van der Waals surface area contributed by atoms with Crippen LogP contribution < -0.4 is 10.2 Å². The van der Waals surface area contributed by atoms with E-state index in [-0.39, 0.29) is 29.1 Å². The Morgan fingerprint density at radius 3 is 1.76 bits per heavy atom. The molecule has 0 saturated heterocycles. The quantitative estimate of drug-likeness (QED) is 0.418. The molecule has 0 atom stereocenters. The number of benzene rings is 2. The number of carbonyl (C=O) groups is 2. The fourth-order valence-corrected chi connectivity index (χ4v) is 3.66. The SMILES string of the molecule is CC(C)(C)c1cc(C(C)(C)C)c(OCC(=O)c2ccccc2)c(C(=O)c2ccccc2)c(=O)c1. The summed E-state index contributed by atoms with van der Waals surface area (Å²) in [5.41, 5.74) is 1.15. The van der Waals surface area contributed by atoms with E-state index in [9.17, 15) is 14.4 Å². The molecule has 34 heavy (non-hydrogen) atoms. The van der Waals surface area contributed by atoms with Crippen LogP contribution in [0.15, 0.2) is 77.6 Å². The minimum atomic E-state index is -0.456. The van der Waals surface area contributed by atoms with Gasteiger partial charge in [-0.25, -0.2) is 0 Å². The fourth-order valence-electron chi connectivity index (χ4n) is 3.66. The molecule has 176 valence electrons. The van der Waals surface area contributed by atoms with Crippen molar-refractivity contribution in [2.75, 3.05) is 6.61 Å². The monoisotopic (exact) mass is 456 g/mol. The third kappa shape index (κ3) is 5.69. The van der Waals surface area contributed by atoms with Gasteiger partial charge in [0.1, 0.15) is 11.3 Å². The maximum atomic E-state index is 13.6. The average Bonchev–Trinajstić information content (AvgIpc) is 2.94. The molecule has 0 bridgehead atoms. The maximum Gasteiger partial charge on any atom is 0.200 e. The van der Waals surface area contributed by atoms with E-state index in [1.165, 1.54) is 6.07 Å². The maximum absolute atomic E-state index is 13.6. The predicted octanol–water partition coefficient (Wildman–Crippen LogP) is 6.13. The van der Waals surface area contributed by atoms with Gasteiger partial charge in [-0.2, -0.15) is 0 Å². The molecule has 0 unspecified atom stereocenters. The van der Waals surface area contributed by atoms with Crippen molar-refractivity contribution in [2.45, 2.75) is 52.4 Å². The average molecular weight is 457 g/mol. The molecule has 0 N–H and O–H groups in total. The lowest BCUT2D eigenvalue weighted by Crippen LogP contribution is -2.21. The first-order chi connectivity index (χ1) is 15.9. The van der Waals surface area contributed by atoms with E-state index in [1.807, 2.05) is 59.7 Å². The number of rotatable bonds is 6. The molecule has 3 rings (SSSR count). The summed E-state index contributed by atoms with van der Waals surface area (Å²) >= 11 is 0. The van der Waals surface area contributed by atoms with E-state index < -0.39 is 16.6 Å². The van der Waals surface area contributed by atoms with Crippen LogP contribution in [0.25, 0.3) is 0 Å². The largest absolute Gasteiger partial charge is 0.484 e. The van der Waals surface area contributed by atoms with Crippen LogP contribution in [0.1, 0.15) is 78.9 Å². The molecule has 3 aromatic carbocycles. The van der Waals surface area contributed by atoms with Gasteiger partial charge >= 0.3 is 0 Å². The Labute approximate surface area is 201 Å². The Balaban J connectivity index is 2.27. The Hall–Kier alpha value is -3.53. The second-order valence-electron chi connectivity index (χ2n) is 10.5. The van der Waals surface area contributed by atoms with Gasteiger partial charge in [0.05, 0.1) is 0 Å². The second kappa shape index (κ2) is 9.76. The Bertz CT molecular complexity index is 1250. The topological polar surface area (TPSA) is 60.4 Å². The van der Waals surface area contributed by atoms with Crippen LogP contribution in [0.5, 0.6) is 5.75 Å². The number of Topliss-reactive ketones (excluding diaryl/α,β-unsaturated/α-hetero) is 1. The molecule has 0 aliphatic carbocycles. The molecule has 4 heteroatoms. The molecule has 0 aliphatic rings. The minimum Gasteiger partial charge on any atom is -0.484 e. The van der Waals surface area contributed by atoms with Crippen molar-refractivity contribution in [1.29, 1.82) is 0 Å². The van der Waals surface area contributed by atoms with Crippen molar-refractivity contribution < 1.29 is 14.3 Å². The molecule has 4 nitrogen and oxygen atoms in total. The molecule has 0 heterocycles. The highest BCUT2D eigenvalue weighted by Crippen LogP contribution is 2.36. The van der Waals surface area contributed by atoms with Crippen LogP contribution in [-0.2, 0) is 10.8 Å². The van der Waals surface area contributed by atoms with Gasteiger partial charge in [0.25, 0.3) is 0 Å². The van der Waals surface area contributed by atoms with Crippen molar-refractivity contribution in [2.24, 2.45) is 0 Å². The van der Waals surface area contributed by atoms with Crippen LogP contribution in [-0.4, -0.2) is 18.2 Å². The van der Waals surface area contributed by atoms with Crippen LogP contribution in [0.4, 0.5) is 0 Å². The van der Waals surface area contributed by atoms with Crippen molar-refractivity contribution in [3.63, 3.8) is 0 Å². The van der Waals surface area contributed by atoms with Crippen LogP contribution in [0.3, 0.4) is 0 Å². The molecular weight excluding hydrogens is 424 g/mol. The van der Waals surface area contributed by atoms with Gasteiger partial charge in [-0.05, 0) is 22.5 Å². The van der Waals surface area contributed by atoms with E-state index in [1.54, 1.807) is 48.5 Å². The molecule has 0 radical (unpaired) electrons. The third-order valence-corrected chi connectivity index (χ3v) is 5.68. The Morgan fingerprint density at radius 2 is 1.26 bits per heavy atom. The zero-order valence-corrected chi connectivity index (χ0v) is 20.8. The summed E-state index contributed by atoms with van der Waals surface area (Å²) in [6, 6.07) is 21.0. The van der Waals surface area contributed by atoms with Gasteiger partial charge in [0.2, 0.25) is 5.78 Å². The van der Waals surface area contributed by atoms with Gasteiger partial charge in [-0.1, -0.05) is 108 Å². The number of carbonyl (C=O) groups excluding carboxylic acids is 2. The van der Waals surface area contributed by atoms with Crippen LogP contribution >= 0.6 is 0 Å². The van der Waals surface area contributed by atoms with E-state index in [0.29, 0.717) is 16.7 Å². The molecule has 0 saturated carbocycles. The summed E-state index contributed by atoms with van der Waals surface area (Å²) in [5.74, 6) is -0.478. The minimum absolute atomic E-state index is 0.0486. The van der Waals surface area contributed by atoms with Crippen molar-refractivity contribution in [3.8, 4) is 5.75 Å². The van der Waals surface area contributed by atoms with E-state index >= 15 is 0 Å². The van der Waals surface area contributed by atoms with Gasteiger partial charge in [-0.3, -0.25) is 14.4 Å². The summed E-state index contributed by atoms with van der Waals surface area (Å²) in [5, 5.41) is 0. The Morgan fingerprint density at radius 1 is 0.735 bits per heavy atom. The highest BCUT2D eigenvalue weighted by Gasteiger charge is 2.29. The zero-order chi connectivity index (χ0) is 25.1. The molecule has 0 spiro atoms. The number of hydrogen-bond acceptors (Lipinski definition) is 4. The fraction of sp³-hybridized carbons (Fsp3) is 0.300. The van der Waals surface area contributed by atoms with E-state index in [0.717, 1.165) is 5.56 Å².